The van der Waals surface area contributed by atoms with Gasteiger partial charge in [-0.3, -0.25) is 4.90 Å². The summed E-state index contributed by atoms with van der Waals surface area (Å²) in [7, 11) is -1.21. The molecule has 1 N–H and O–H groups in total. The minimum atomic E-state index is -2.88. The normalized spacial score (nSPS) is 21.2. The van der Waals surface area contributed by atoms with Crippen LogP contribution >= 0.6 is 0 Å². The Hall–Kier alpha value is -0.170. The van der Waals surface area contributed by atoms with Crippen LogP contribution in [0.2, 0.25) is 0 Å². The van der Waals surface area contributed by atoms with Crippen LogP contribution in [0, 0.1) is 0 Å². The van der Waals surface area contributed by atoms with Crippen LogP contribution in [-0.4, -0.2) is 71.3 Å². The molecule has 0 aliphatic carbocycles. The van der Waals surface area contributed by atoms with Crippen LogP contribution in [0.5, 0.6) is 0 Å². The summed E-state index contributed by atoms with van der Waals surface area (Å²) in [5, 5.41) is 3.43. The Bertz CT molecular complexity index is 300. The molecule has 17 heavy (non-hydrogen) atoms. The van der Waals surface area contributed by atoms with Crippen molar-refractivity contribution in [2.24, 2.45) is 0 Å². The van der Waals surface area contributed by atoms with Gasteiger partial charge in [-0.2, -0.15) is 0 Å². The number of ether oxygens (including phenoxy) is 1. The molecule has 0 aromatic carbocycles. The van der Waals surface area contributed by atoms with Gasteiger partial charge in [-0.25, -0.2) is 8.42 Å². The lowest BCUT2D eigenvalue weighted by Crippen LogP contribution is -2.41. The van der Waals surface area contributed by atoms with Gasteiger partial charge in [0.05, 0.1) is 12.4 Å². The Morgan fingerprint density at radius 3 is 2.71 bits per heavy atom. The van der Waals surface area contributed by atoms with Gasteiger partial charge in [0.1, 0.15) is 9.84 Å². The van der Waals surface area contributed by atoms with E-state index in [4.69, 9.17) is 4.74 Å². The number of hydrogen-bond donors (Lipinski definition) is 1. The third-order valence-corrected chi connectivity index (χ3v) is 3.96. The van der Waals surface area contributed by atoms with E-state index in [-0.39, 0.29) is 5.75 Å². The molecular weight excluding hydrogens is 240 g/mol. The van der Waals surface area contributed by atoms with E-state index in [2.05, 4.69) is 10.2 Å². The molecule has 1 fully saturated rings. The molecule has 1 atom stereocenters. The predicted octanol–water partition coefficient (Wildman–Crippen LogP) is -0.269. The predicted molar refractivity (Wildman–Crippen MR) is 69.1 cm³/mol. The highest BCUT2D eigenvalue weighted by Gasteiger charge is 2.18. The van der Waals surface area contributed by atoms with Crippen LogP contribution in [0.25, 0.3) is 0 Å². The zero-order valence-electron chi connectivity index (χ0n) is 10.8. The maximum Gasteiger partial charge on any atom is 0.148 e. The molecule has 0 aromatic heterocycles. The van der Waals surface area contributed by atoms with Gasteiger partial charge in [-0.1, -0.05) is 0 Å². The molecule has 0 amide bonds. The van der Waals surface area contributed by atoms with Crippen molar-refractivity contribution in [2.75, 3.05) is 51.9 Å². The molecule has 1 unspecified atom stereocenters. The Kier molecular flexibility index (Phi) is 6.40. The molecule has 1 aliphatic heterocycles. The highest BCUT2D eigenvalue weighted by molar-refractivity contribution is 7.90. The summed E-state index contributed by atoms with van der Waals surface area (Å²) < 4.78 is 27.4. The minimum Gasteiger partial charge on any atom is -0.383 e. The second kappa shape index (κ2) is 7.31. The number of hydrogen-bond acceptors (Lipinski definition) is 5. The zero-order valence-corrected chi connectivity index (χ0v) is 11.6. The van der Waals surface area contributed by atoms with Gasteiger partial charge in [0.15, 0.2) is 0 Å². The second-order valence-electron chi connectivity index (χ2n) is 4.72. The van der Waals surface area contributed by atoms with Gasteiger partial charge < -0.3 is 10.1 Å². The van der Waals surface area contributed by atoms with Crippen LogP contribution in [0.15, 0.2) is 0 Å². The molecule has 1 aliphatic rings. The van der Waals surface area contributed by atoms with Gasteiger partial charge in [-0.05, 0) is 19.4 Å². The zero-order chi connectivity index (χ0) is 12.7. The first-order valence-corrected chi connectivity index (χ1v) is 8.20. The third kappa shape index (κ3) is 6.98. The van der Waals surface area contributed by atoms with Crippen LogP contribution in [0.1, 0.15) is 12.8 Å². The van der Waals surface area contributed by atoms with Crippen LogP contribution < -0.4 is 5.32 Å². The van der Waals surface area contributed by atoms with E-state index in [1.165, 1.54) is 19.1 Å². The van der Waals surface area contributed by atoms with Gasteiger partial charge in [0.2, 0.25) is 0 Å². The van der Waals surface area contributed by atoms with Crippen molar-refractivity contribution in [2.45, 2.75) is 18.9 Å². The summed E-state index contributed by atoms with van der Waals surface area (Å²) in [4.78, 5) is 2.17. The number of methoxy groups -OCH3 is 1. The molecular formula is C11H24N2O3S. The smallest absolute Gasteiger partial charge is 0.148 e. The fourth-order valence-electron chi connectivity index (χ4n) is 2.03. The molecule has 0 aromatic rings. The highest BCUT2D eigenvalue weighted by atomic mass is 32.2. The molecule has 1 saturated heterocycles. The lowest BCUT2D eigenvalue weighted by atomic mass is 10.2. The first-order valence-electron chi connectivity index (χ1n) is 6.13. The number of nitrogens with one attached hydrogen (secondary N) is 1. The first kappa shape index (κ1) is 14.9. The highest BCUT2D eigenvalue weighted by Crippen LogP contribution is 2.07. The van der Waals surface area contributed by atoms with Crippen molar-refractivity contribution in [3.63, 3.8) is 0 Å². The summed E-state index contributed by atoms with van der Waals surface area (Å²) >= 11 is 0. The monoisotopic (exact) mass is 264 g/mol. The van der Waals surface area contributed by atoms with E-state index in [1.807, 2.05) is 0 Å². The summed E-state index contributed by atoms with van der Waals surface area (Å²) in [6.07, 6.45) is 3.69. The largest absolute Gasteiger partial charge is 0.383 e. The van der Waals surface area contributed by atoms with E-state index in [1.54, 1.807) is 7.11 Å². The van der Waals surface area contributed by atoms with Crippen molar-refractivity contribution in [3.05, 3.63) is 0 Å². The van der Waals surface area contributed by atoms with Gasteiger partial charge in [0, 0.05) is 39.0 Å². The molecule has 1 heterocycles. The Balaban J connectivity index is 2.35. The number of sulfone groups is 1. The summed E-state index contributed by atoms with van der Waals surface area (Å²) in [6, 6.07) is 0.506. The van der Waals surface area contributed by atoms with Crippen molar-refractivity contribution in [1.82, 2.24) is 10.2 Å². The first-order chi connectivity index (χ1) is 8.01. The van der Waals surface area contributed by atoms with Crippen molar-refractivity contribution >= 4 is 9.84 Å². The van der Waals surface area contributed by atoms with Gasteiger partial charge in [-0.15, -0.1) is 0 Å². The van der Waals surface area contributed by atoms with Crippen molar-refractivity contribution in [1.29, 1.82) is 0 Å². The van der Waals surface area contributed by atoms with E-state index in [0.29, 0.717) is 19.2 Å². The standard InChI is InChI=1S/C11H24N2O3S/c1-16-8-6-13(7-9-17(2,14)15)10-11-4-3-5-12-11/h11-12H,3-10H2,1-2H3. The topological polar surface area (TPSA) is 58.6 Å². The van der Waals surface area contributed by atoms with Crippen LogP contribution in [0.3, 0.4) is 0 Å². The fraction of sp³-hybridized carbons (Fsp3) is 1.00. The molecule has 5 nitrogen and oxygen atoms in total. The fourth-order valence-corrected chi connectivity index (χ4v) is 2.62. The Labute approximate surface area is 104 Å². The molecule has 1 rings (SSSR count). The van der Waals surface area contributed by atoms with Crippen LogP contribution in [-0.2, 0) is 14.6 Å². The maximum absolute atomic E-state index is 11.2. The molecule has 0 radical (unpaired) electrons. The average Bonchev–Trinajstić information content (AvgIpc) is 2.73. The Morgan fingerprint density at radius 2 is 2.18 bits per heavy atom. The van der Waals surface area contributed by atoms with Crippen molar-refractivity contribution < 1.29 is 13.2 Å². The Morgan fingerprint density at radius 1 is 1.41 bits per heavy atom. The second-order valence-corrected chi connectivity index (χ2v) is 6.98. The maximum atomic E-state index is 11.2. The number of nitrogens with zero attached hydrogens (tertiary/aromatic N) is 1. The quantitative estimate of drug-likeness (QED) is 0.654. The molecule has 0 bridgehead atoms. The van der Waals surface area contributed by atoms with E-state index < -0.39 is 9.84 Å². The molecule has 102 valence electrons. The van der Waals surface area contributed by atoms with E-state index >= 15 is 0 Å². The van der Waals surface area contributed by atoms with Crippen molar-refractivity contribution in [3.8, 4) is 0 Å². The molecule has 0 spiro atoms. The summed E-state index contributed by atoms with van der Waals surface area (Å²) in [5.74, 6) is 0.226. The molecule has 0 saturated carbocycles. The van der Waals surface area contributed by atoms with Gasteiger partial charge >= 0.3 is 0 Å². The third-order valence-electron chi connectivity index (χ3n) is 3.03. The van der Waals surface area contributed by atoms with Gasteiger partial charge in [0.25, 0.3) is 0 Å². The SMILES string of the molecule is COCCN(CCS(C)(=O)=O)CC1CCCN1. The lowest BCUT2D eigenvalue weighted by Gasteiger charge is -2.25. The summed E-state index contributed by atoms with van der Waals surface area (Å²) in [6.45, 7) is 4.04. The minimum absolute atomic E-state index is 0.226. The molecule has 6 heteroatoms. The summed E-state index contributed by atoms with van der Waals surface area (Å²) in [5.41, 5.74) is 0. The average molecular weight is 264 g/mol. The van der Waals surface area contributed by atoms with E-state index in [0.717, 1.165) is 19.6 Å². The lowest BCUT2D eigenvalue weighted by molar-refractivity contribution is 0.146. The number of rotatable bonds is 8. The van der Waals surface area contributed by atoms with E-state index in [9.17, 15) is 8.42 Å². The van der Waals surface area contributed by atoms with Crippen LogP contribution in [0.4, 0.5) is 0 Å².